The minimum Gasteiger partial charge on any atom is -0.465 e. The second-order valence-corrected chi connectivity index (χ2v) is 18.6. The molecule has 3 aromatic carbocycles. The van der Waals surface area contributed by atoms with E-state index in [1.807, 2.05) is 55.5 Å². The number of alkyl halides is 4. The van der Waals surface area contributed by atoms with E-state index >= 15 is 0 Å². The number of carboxylic acid groups (broad SMARTS) is 1. The Labute approximate surface area is 399 Å². The third-order valence-corrected chi connectivity index (χ3v) is 13.5. The lowest BCUT2D eigenvalue weighted by molar-refractivity contribution is -0.0577. The normalized spacial score (nSPS) is 18.0. The number of fused-ring (bicyclic) bond motifs is 2. The van der Waals surface area contributed by atoms with Crippen molar-refractivity contribution in [2.45, 2.75) is 108 Å². The quantitative estimate of drug-likeness (QED) is 0.0710. The maximum Gasteiger partial charge on any atom is 0.408 e. The lowest BCUT2D eigenvalue weighted by Gasteiger charge is -2.37. The molecule has 2 unspecified atom stereocenters. The standard InChI is InChI=1S/C29H32F2N4O5.C21H26F2N4O3/c1-18-15-34(27(36)32-18)23(17-39-2)21-8-9-24-22(14-21)33-26(40-24)25(20-10-12-29(30,31)13-11-20)35(28(37)38)16-19-6-4-3-5-7-19;1-12-10-27(20(28)25-12)16(11-29-2)14-3-4-17-15(9-14)26-19(30-17)18(24)13-5-7-21(22,23)8-6-13/h3-9,14-15,20,23,25H,10-13,16-17H2,1-2H3,(H,32,36)(H,37,38);3-4,9-10,13,16,18H,5-8,11,24H2,1-2H3,(H,25,28)/t23?,25-;16?,18-/m00/s1. The number of hydrogen-bond donors (Lipinski definition) is 4. The van der Waals surface area contributed by atoms with E-state index in [2.05, 4.69) is 15.0 Å². The van der Waals surface area contributed by atoms with Crippen molar-refractivity contribution in [2.75, 3.05) is 27.4 Å². The third-order valence-electron chi connectivity index (χ3n) is 13.5. The highest BCUT2D eigenvalue weighted by atomic mass is 19.3. The Kier molecular flexibility index (Phi) is 14.9. The molecule has 7 aromatic rings. The molecule has 5 N–H and O–H groups in total. The molecule has 0 aliphatic heterocycles. The first-order valence-corrected chi connectivity index (χ1v) is 23.3. The monoisotopic (exact) mass is 974 g/mol. The topological polar surface area (TPSA) is 213 Å². The van der Waals surface area contributed by atoms with Crippen molar-refractivity contribution in [1.29, 1.82) is 0 Å². The maximum absolute atomic E-state index is 14.1. The van der Waals surface area contributed by atoms with Crippen LogP contribution in [0.15, 0.2) is 97.5 Å². The molecule has 0 spiro atoms. The molecule has 4 atom stereocenters. The van der Waals surface area contributed by atoms with E-state index in [1.54, 1.807) is 60.9 Å². The predicted octanol–water partition coefficient (Wildman–Crippen LogP) is 9.60. The summed E-state index contributed by atoms with van der Waals surface area (Å²) in [6.07, 6.45) is 2.33. The van der Waals surface area contributed by atoms with Crippen molar-refractivity contribution in [2.24, 2.45) is 17.6 Å². The minimum absolute atomic E-state index is 0.0589. The molecule has 4 heterocycles. The summed E-state index contributed by atoms with van der Waals surface area (Å²) in [5, 5.41) is 10.3. The smallest absolute Gasteiger partial charge is 0.408 e. The summed E-state index contributed by atoms with van der Waals surface area (Å²) in [6, 6.07) is 17.8. The molecule has 0 bridgehead atoms. The van der Waals surface area contributed by atoms with Crippen LogP contribution in [0, 0.1) is 25.7 Å². The van der Waals surface area contributed by atoms with Crippen molar-refractivity contribution < 1.29 is 45.8 Å². The van der Waals surface area contributed by atoms with Crippen molar-refractivity contribution in [1.82, 2.24) is 34.0 Å². The average Bonchev–Trinajstić information content (AvgIpc) is 4.11. The van der Waals surface area contributed by atoms with Gasteiger partial charge in [0.25, 0.3) is 0 Å². The van der Waals surface area contributed by atoms with Gasteiger partial charge in [0.05, 0.1) is 31.3 Å². The molecule has 2 aliphatic carbocycles. The largest absolute Gasteiger partial charge is 0.465 e. The predicted molar refractivity (Wildman–Crippen MR) is 251 cm³/mol. The second-order valence-electron chi connectivity index (χ2n) is 18.6. The van der Waals surface area contributed by atoms with Crippen molar-refractivity contribution in [3.8, 4) is 0 Å². The Morgan fingerprint density at radius 3 is 1.66 bits per heavy atom. The Bertz CT molecular complexity index is 2990. The molecule has 1 amide bonds. The fourth-order valence-electron chi connectivity index (χ4n) is 9.78. The first-order chi connectivity index (χ1) is 33.4. The molecule has 70 heavy (non-hydrogen) atoms. The van der Waals surface area contributed by atoms with Crippen LogP contribution in [0.1, 0.15) is 115 Å². The highest BCUT2D eigenvalue weighted by Gasteiger charge is 2.43. The number of aromatic nitrogens is 6. The van der Waals surface area contributed by atoms with Crippen LogP contribution in [0.4, 0.5) is 22.4 Å². The second kappa shape index (κ2) is 20.8. The van der Waals surface area contributed by atoms with Gasteiger partial charge in [-0.2, -0.15) is 0 Å². The van der Waals surface area contributed by atoms with E-state index in [1.165, 1.54) is 4.90 Å². The number of H-pyrrole nitrogens is 2. The summed E-state index contributed by atoms with van der Waals surface area (Å²) in [6.45, 7) is 4.21. The lowest BCUT2D eigenvalue weighted by Crippen LogP contribution is -2.40. The number of rotatable bonds is 15. The Morgan fingerprint density at radius 2 is 1.21 bits per heavy atom. The zero-order valence-corrected chi connectivity index (χ0v) is 39.4. The van der Waals surface area contributed by atoms with E-state index in [9.17, 15) is 37.1 Å². The molecule has 16 nitrogen and oxygen atoms in total. The fraction of sp³-hybridized carbons (Fsp3) is 0.460. The van der Waals surface area contributed by atoms with E-state index < -0.39 is 42.0 Å². The number of nitrogens with zero attached hydrogens (tertiary/aromatic N) is 5. The van der Waals surface area contributed by atoms with Gasteiger partial charge in [-0.15, -0.1) is 0 Å². The van der Waals surface area contributed by atoms with Gasteiger partial charge >= 0.3 is 17.5 Å². The number of nitrogens with two attached hydrogens (primary N) is 1. The number of imidazole rings is 2. The Balaban J connectivity index is 0.000000196. The van der Waals surface area contributed by atoms with E-state index in [-0.39, 0.29) is 80.9 Å². The summed E-state index contributed by atoms with van der Waals surface area (Å²) < 4.78 is 80.8. The van der Waals surface area contributed by atoms with Gasteiger partial charge in [-0.05, 0) is 92.3 Å². The lowest BCUT2D eigenvalue weighted by atomic mass is 9.81. The highest BCUT2D eigenvalue weighted by Crippen LogP contribution is 2.45. The van der Waals surface area contributed by atoms with Gasteiger partial charge in [0, 0.05) is 70.2 Å². The first kappa shape index (κ1) is 49.9. The van der Waals surface area contributed by atoms with Crippen LogP contribution in [-0.4, -0.2) is 84.4 Å². The summed E-state index contributed by atoms with van der Waals surface area (Å²) in [5.41, 5.74) is 11.8. The molecule has 0 saturated heterocycles. The van der Waals surface area contributed by atoms with Crippen LogP contribution in [0.3, 0.4) is 0 Å². The number of aryl methyl sites for hydroxylation is 2. The molecule has 9 rings (SSSR count). The number of methoxy groups -OCH3 is 2. The van der Waals surface area contributed by atoms with Gasteiger partial charge in [-0.25, -0.2) is 41.9 Å². The minimum atomic E-state index is -2.77. The van der Waals surface area contributed by atoms with Crippen LogP contribution in [0.5, 0.6) is 0 Å². The zero-order valence-electron chi connectivity index (χ0n) is 39.4. The Morgan fingerprint density at radius 1 is 0.757 bits per heavy atom. The van der Waals surface area contributed by atoms with Crippen LogP contribution in [0.25, 0.3) is 22.2 Å². The molecule has 2 saturated carbocycles. The number of halogens is 4. The SMILES string of the molecule is COCC(c1ccc2oc([C@@H](N)C3CCC(F)(F)CC3)nc2c1)n1cc(C)[nH]c1=O.COCC(c1ccc2oc([C@H](C3CCC(F)(F)CC3)N(Cc3ccccc3)C(=O)O)nc2c1)n1cc(C)[nH]c1=O. The van der Waals surface area contributed by atoms with Gasteiger partial charge in [0.2, 0.25) is 23.6 Å². The van der Waals surface area contributed by atoms with Gasteiger partial charge in [-0.1, -0.05) is 42.5 Å². The van der Waals surface area contributed by atoms with Crippen LogP contribution >= 0.6 is 0 Å². The highest BCUT2D eigenvalue weighted by molar-refractivity contribution is 5.75. The maximum atomic E-state index is 14.1. The van der Waals surface area contributed by atoms with Gasteiger partial charge in [0.1, 0.15) is 17.1 Å². The van der Waals surface area contributed by atoms with Crippen LogP contribution in [-0.2, 0) is 16.0 Å². The molecule has 374 valence electrons. The molecule has 4 aromatic heterocycles. The van der Waals surface area contributed by atoms with E-state index in [0.29, 0.717) is 53.2 Å². The first-order valence-electron chi connectivity index (χ1n) is 23.3. The van der Waals surface area contributed by atoms with Crippen LogP contribution in [0.2, 0.25) is 0 Å². The number of aromatic amines is 2. The fourth-order valence-corrected chi connectivity index (χ4v) is 9.78. The van der Waals surface area contributed by atoms with Gasteiger partial charge < -0.3 is 39.1 Å². The number of oxazole rings is 2. The molecule has 0 radical (unpaired) electrons. The van der Waals surface area contributed by atoms with Gasteiger partial charge in [-0.3, -0.25) is 14.0 Å². The number of benzene rings is 3. The number of hydrogen-bond acceptors (Lipinski definition) is 10. The number of carbonyl (C=O) groups is 1. The molecule has 2 aliphatic rings. The third kappa shape index (κ3) is 11.2. The van der Waals surface area contributed by atoms with Gasteiger partial charge in [0.15, 0.2) is 11.2 Å². The summed E-state index contributed by atoms with van der Waals surface area (Å²) in [4.78, 5) is 53.3. The van der Waals surface area contributed by atoms with Crippen LogP contribution < -0.4 is 17.1 Å². The Hall–Kier alpha value is -6.51. The van der Waals surface area contributed by atoms with E-state index in [4.69, 9.17) is 29.0 Å². The summed E-state index contributed by atoms with van der Waals surface area (Å²) in [5.74, 6) is -5.32. The summed E-state index contributed by atoms with van der Waals surface area (Å²) >= 11 is 0. The number of ether oxygens (including phenoxy) is 2. The van der Waals surface area contributed by atoms with Crippen molar-refractivity contribution >= 4 is 28.3 Å². The molecule has 20 heteroatoms. The molecular formula is C50H58F4N8O8. The molecule has 2 fully saturated rings. The number of amides is 1. The summed E-state index contributed by atoms with van der Waals surface area (Å²) in [7, 11) is 3.13. The average molecular weight is 975 g/mol. The zero-order chi connectivity index (χ0) is 49.9. The van der Waals surface area contributed by atoms with Crippen molar-refractivity contribution in [3.05, 3.63) is 140 Å². The molecular weight excluding hydrogens is 917 g/mol. The van der Waals surface area contributed by atoms with Crippen molar-refractivity contribution in [3.63, 3.8) is 0 Å². The van der Waals surface area contributed by atoms with E-state index in [0.717, 1.165) is 22.4 Å². The number of nitrogens with one attached hydrogen (secondary N) is 2.